The largest absolute Gasteiger partial charge is 0.348 e. The second-order valence-corrected chi connectivity index (χ2v) is 9.46. The van der Waals surface area contributed by atoms with Crippen molar-refractivity contribution in [1.82, 2.24) is 20.1 Å². The molecule has 1 heterocycles. The number of nitrogens with zero attached hydrogens (tertiary/aromatic N) is 3. The lowest BCUT2D eigenvalue weighted by molar-refractivity contribution is -0.128. The number of aromatic nitrogens is 3. The van der Waals surface area contributed by atoms with Crippen LogP contribution in [-0.4, -0.2) is 20.7 Å². The van der Waals surface area contributed by atoms with Crippen LogP contribution in [-0.2, 0) is 17.1 Å². The van der Waals surface area contributed by atoms with Crippen LogP contribution >= 0.6 is 35.0 Å². The molecule has 0 saturated heterocycles. The molecule has 0 saturated carbocycles. The lowest BCUT2D eigenvalue weighted by atomic mass is 9.96. The Kier molecular flexibility index (Phi) is 7.06. The zero-order valence-electron chi connectivity index (χ0n) is 16.7. The van der Waals surface area contributed by atoms with Gasteiger partial charge in [0.2, 0.25) is 5.91 Å². The van der Waals surface area contributed by atoms with E-state index in [1.54, 1.807) is 34.9 Å². The van der Waals surface area contributed by atoms with Crippen molar-refractivity contribution in [3.63, 3.8) is 0 Å². The van der Waals surface area contributed by atoms with Gasteiger partial charge in [0.1, 0.15) is 5.82 Å². The number of benzene rings is 2. The van der Waals surface area contributed by atoms with E-state index in [1.807, 2.05) is 20.8 Å². The van der Waals surface area contributed by atoms with Crippen molar-refractivity contribution >= 4 is 40.9 Å². The summed E-state index contributed by atoms with van der Waals surface area (Å²) in [5, 5.41) is 13.0. The number of rotatable bonds is 6. The highest BCUT2D eigenvalue weighted by Crippen LogP contribution is 2.31. The van der Waals surface area contributed by atoms with E-state index in [4.69, 9.17) is 23.2 Å². The minimum atomic E-state index is -0.529. The zero-order valence-corrected chi connectivity index (χ0v) is 19.1. The number of carbonyl (C=O) groups is 1. The standard InChI is InChI=1S/C21H21Cl2FN4OS/c1-21(2,3)19(29)25-11-18-26-27-20(30-12-13-4-7-15(24)8-5-13)28(18)17-10-14(22)6-9-16(17)23/h4-10H,11-12H2,1-3H3,(H,25,29). The SMILES string of the molecule is CC(C)(C)C(=O)NCc1nnc(SCc2ccc(F)cc2)n1-c1cc(Cl)ccc1Cl. The number of nitrogens with one attached hydrogen (secondary N) is 1. The smallest absolute Gasteiger partial charge is 0.225 e. The molecule has 1 amide bonds. The van der Waals surface area contributed by atoms with Gasteiger partial charge >= 0.3 is 0 Å². The van der Waals surface area contributed by atoms with Crippen LogP contribution in [0, 0.1) is 11.2 Å². The predicted octanol–water partition coefficient (Wildman–Crippen LogP) is 5.67. The number of amides is 1. The Morgan fingerprint density at radius 2 is 1.83 bits per heavy atom. The van der Waals surface area contributed by atoms with Crippen LogP contribution in [0.4, 0.5) is 4.39 Å². The number of thioether (sulfide) groups is 1. The summed E-state index contributed by atoms with van der Waals surface area (Å²) in [4.78, 5) is 12.3. The Bertz CT molecular complexity index is 1050. The third-order valence-corrected chi connectivity index (χ3v) is 5.77. The van der Waals surface area contributed by atoms with E-state index < -0.39 is 5.41 Å². The van der Waals surface area contributed by atoms with Gasteiger partial charge in [0.25, 0.3) is 0 Å². The van der Waals surface area contributed by atoms with Gasteiger partial charge in [0.15, 0.2) is 11.0 Å². The summed E-state index contributed by atoms with van der Waals surface area (Å²) in [7, 11) is 0. The Morgan fingerprint density at radius 1 is 1.13 bits per heavy atom. The van der Waals surface area contributed by atoms with Crippen LogP contribution in [0.15, 0.2) is 47.6 Å². The van der Waals surface area contributed by atoms with Crippen molar-refractivity contribution in [2.75, 3.05) is 0 Å². The molecule has 0 aliphatic rings. The van der Waals surface area contributed by atoms with Gasteiger partial charge in [-0.25, -0.2) is 4.39 Å². The van der Waals surface area contributed by atoms with Gasteiger partial charge in [-0.1, -0.05) is 67.9 Å². The second-order valence-electron chi connectivity index (χ2n) is 7.68. The van der Waals surface area contributed by atoms with Crippen molar-refractivity contribution in [3.05, 3.63) is 69.7 Å². The van der Waals surface area contributed by atoms with Gasteiger partial charge in [-0.2, -0.15) is 0 Å². The molecule has 0 fully saturated rings. The highest BCUT2D eigenvalue weighted by molar-refractivity contribution is 7.98. The van der Waals surface area contributed by atoms with E-state index in [9.17, 15) is 9.18 Å². The molecule has 30 heavy (non-hydrogen) atoms. The Hall–Kier alpha value is -2.09. The molecule has 2 aromatic carbocycles. The van der Waals surface area contributed by atoms with E-state index in [1.165, 1.54) is 23.9 Å². The minimum absolute atomic E-state index is 0.102. The van der Waals surface area contributed by atoms with Gasteiger partial charge in [-0.15, -0.1) is 10.2 Å². The molecule has 0 aliphatic heterocycles. The van der Waals surface area contributed by atoms with E-state index in [2.05, 4.69) is 15.5 Å². The van der Waals surface area contributed by atoms with E-state index in [-0.39, 0.29) is 18.3 Å². The first kappa shape index (κ1) is 22.6. The van der Waals surface area contributed by atoms with E-state index in [0.29, 0.717) is 32.5 Å². The van der Waals surface area contributed by atoms with E-state index >= 15 is 0 Å². The summed E-state index contributed by atoms with van der Waals surface area (Å²) in [6.45, 7) is 5.70. The van der Waals surface area contributed by atoms with Crippen molar-refractivity contribution in [1.29, 1.82) is 0 Å². The molecule has 0 spiro atoms. The van der Waals surface area contributed by atoms with Crippen molar-refractivity contribution in [2.24, 2.45) is 5.41 Å². The fraction of sp³-hybridized carbons (Fsp3) is 0.286. The molecular formula is C21H21Cl2FN4OS. The van der Waals surface area contributed by atoms with Crippen molar-refractivity contribution in [3.8, 4) is 5.69 Å². The fourth-order valence-electron chi connectivity index (χ4n) is 2.56. The summed E-state index contributed by atoms with van der Waals surface area (Å²) >= 11 is 14.0. The third kappa shape index (κ3) is 5.53. The van der Waals surface area contributed by atoms with Crippen molar-refractivity contribution in [2.45, 2.75) is 38.2 Å². The highest BCUT2D eigenvalue weighted by atomic mass is 35.5. The lowest BCUT2D eigenvalue weighted by Crippen LogP contribution is -2.35. The first-order valence-electron chi connectivity index (χ1n) is 9.20. The molecule has 0 unspecified atom stereocenters. The zero-order chi connectivity index (χ0) is 21.9. The van der Waals surface area contributed by atoms with Gasteiger partial charge in [0, 0.05) is 16.2 Å². The number of halogens is 3. The molecule has 9 heteroatoms. The molecule has 0 bridgehead atoms. The molecule has 5 nitrogen and oxygen atoms in total. The maximum absolute atomic E-state index is 13.2. The molecule has 1 N–H and O–H groups in total. The lowest BCUT2D eigenvalue weighted by Gasteiger charge is -2.18. The predicted molar refractivity (Wildman–Crippen MR) is 119 cm³/mol. The molecular weight excluding hydrogens is 446 g/mol. The highest BCUT2D eigenvalue weighted by Gasteiger charge is 2.23. The minimum Gasteiger partial charge on any atom is -0.348 e. The van der Waals surface area contributed by atoms with Gasteiger partial charge in [-0.05, 0) is 35.9 Å². The number of hydrogen-bond acceptors (Lipinski definition) is 4. The van der Waals surface area contributed by atoms with Crippen LogP contribution in [0.2, 0.25) is 10.0 Å². The Morgan fingerprint density at radius 3 is 2.50 bits per heavy atom. The normalized spacial score (nSPS) is 11.5. The van der Waals surface area contributed by atoms with Crippen LogP contribution in [0.1, 0.15) is 32.2 Å². The summed E-state index contributed by atoms with van der Waals surface area (Å²) in [5.74, 6) is 0.702. The van der Waals surface area contributed by atoms with Crippen LogP contribution < -0.4 is 5.32 Å². The van der Waals surface area contributed by atoms with Gasteiger partial charge in [0.05, 0.1) is 17.3 Å². The van der Waals surface area contributed by atoms with Crippen LogP contribution in [0.5, 0.6) is 0 Å². The fourth-order valence-corrected chi connectivity index (χ4v) is 3.85. The third-order valence-electron chi connectivity index (χ3n) is 4.22. The Balaban J connectivity index is 1.92. The van der Waals surface area contributed by atoms with Crippen LogP contribution in [0.3, 0.4) is 0 Å². The summed E-state index contributed by atoms with van der Waals surface area (Å²) in [5.41, 5.74) is 1.03. The average Bonchev–Trinajstić information content (AvgIpc) is 3.09. The second kappa shape index (κ2) is 9.37. The van der Waals surface area contributed by atoms with E-state index in [0.717, 1.165) is 5.56 Å². The molecule has 158 valence electrons. The maximum Gasteiger partial charge on any atom is 0.225 e. The van der Waals surface area contributed by atoms with Gasteiger partial charge in [-0.3, -0.25) is 9.36 Å². The monoisotopic (exact) mass is 466 g/mol. The van der Waals surface area contributed by atoms with Crippen molar-refractivity contribution < 1.29 is 9.18 Å². The number of carbonyl (C=O) groups excluding carboxylic acids is 1. The quantitative estimate of drug-likeness (QED) is 0.475. The summed E-state index contributed by atoms with van der Waals surface area (Å²) in [6.07, 6.45) is 0. The summed E-state index contributed by atoms with van der Waals surface area (Å²) in [6, 6.07) is 11.4. The number of hydrogen-bond donors (Lipinski definition) is 1. The molecule has 3 aromatic rings. The topological polar surface area (TPSA) is 59.8 Å². The average molecular weight is 467 g/mol. The summed E-state index contributed by atoms with van der Waals surface area (Å²) < 4.78 is 14.9. The molecule has 0 atom stereocenters. The first-order valence-corrected chi connectivity index (χ1v) is 10.9. The maximum atomic E-state index is 13.2. The molecule has 3 rings (SSSR count). The molecule has 0 aliphatic carbocycles. The first-order chi connectivity index (χ1) is 14.1. The van der Waals surface area contributed by atoms with Crippen LogP contribution in [0.25, 0.3) is 5.69 Å². The molecule has 0 radical (unpaired) electrons. The Labute approximate surface area is 189 Å². The molecule has 1 aromatic heterocycles. The van der Waals surface area contributed by atoms with Gasteiger partial charge < -0.3 is 5.32 Å².